The molecule has 1 rings (SSSR count). The largest absolute Gasteiger partial charge is 0.372 e. The number of likely N-dealkylation sites (N-methyl/N-ethyl adjacent to an activating group) is 1. The molecule has 0 aromatic heterocycles. The van der Waals surface area contributed by atoms with Crippen LogP contribution in [0.2, 0.25) is 0 Å². The molecule has 0 saturated carbocycles. The fourth-order valence-electron chi connectivity index (χ4n) is 2.17. The van der Waals surface area contributed by atoms with Crippen LogP contribution in [0.3, 0.4) is 0 Å². The number of nitrogens with two attached hydrogens (primary N) is 1. The first-order valence-corrected chi connectivity index (χ1v) is 6.98. The molecule has 0 heterocycles. The molecule has 0 fully saturated rings. The number of primary amides is 1. The average molecular weight is 281 g/mol. The van der Waals surface area contributed by atoms with E-state index >= 15 is 0 Å². The quantitative estimate of drug-likeness (QED) is 0.765. The Bertz CT molecular complexity index is 435. The molecular formula is C15H24FN3O. The highest BCUT2D eigenvalue weighted by molar-refractivity contribution is 5.84. The number of anilines is 1. The fourth-order valence-corrected chi connectivity index (χ4v) is 2.17. The van der Waals surface area contributed by atoms with E-state index in [2.05, 4.69) is 10.2 Å². The van der Waals surface area contributed by atoms with Gasteiger partial charge in [-0.15, -0.1) is 0 Å². The Kier molecular flexibility index (Phi) is 5.95. The van der Waals surface area contributed by atoms with Gasteiger partial charge >= 0.3 is 0 Å². The minimum Gasteiger partial charge on any atom is -0.372 e. The Morgan fingerprint density at radius 1 is 1.35 bits per heavy atom. The summed E-state index contributed by atoms with van der Waals surface area (Å²) < 4.78 is 12.9. The molecule has 0 radical (unpaired) electrons. The van der Waals surface area contributed by atoms with Crippen LogP contribution in [-0.4, -0.2) is 31.1 Å². The number of amides is 1. The van der Waals surface area contributed by atoms with E-state index < -0.39 is 5.54 Å². The van der Waals surface area contributed by atoms with Gasteiger partial charge in [-0.1, -0.05) is 6.92 Å². The van der Waals surface area contributed by atoms with E-state index in [1.807, 2.05) is 20.8 Å². The van der Waals surface area contributed by atoms with Crippen LogP contribution in [0, 0.1) is 5.82 Å². The molecule has 1 amide bonds. The number of hydrogen-bond donors (Lipinski definition) is 2. The molecule has 1 aromatic rings. The van der Waals surface area contributed by atoms with Crippen molar-refractivity contribution >= 4 is 11.6 Å². The van der Waals surface area contributed by atoms with Crippen LogP contribution in [0.25, 0.3) is 0 Å². The summed E-state index contributed by atoms with van der Waals surface area (Å²) in [6, 6.07) is 6.37. The van der Waals surface area contributed by atoms with E-state index in [0.717, 1.165) is 12.2 Å². The first-order chi connectivity index (χ1) is 9.42. The van der Waals surface area contributed by atoms with Crippen molar-refractivity contribution in [1.29, 1.82) is 0 Å². The summed E-state index contributed by atoms with van der Waals surface area (Å²) in [5, 5.41) is 3.14. The second-order valence-electron chi connectivity index (χ2n) is 5.03. The molecule has 0 spiro atoms. The Morgan fingerprint density at radius 2 is 1.95 bits per heavy atom. The number of carbonyl (C=O) groups is 1. The lowest BCUT2D eigenvalue weighted by atomic mass is 9.96. The number of carbonyl (C=O) groups excluding carboxylic acids is 1. The summed E-state index contributed by atoms with van der Waals surface area (Å²) in [6.07, 6.45) is 0.599. The molecule has 0 aliphatic rings. The molecule has 5 heteroatoms. The average Bonchev–Trinajstić information content (AvgIpc) is 2.41. The summed E-state index contributed by atoms with van der Waals surface area (Å²) in [6.45, 7) is 7.93. The monoisotopic (exact) mass is 281 g/mol. The van der Waals surface area contributed by atoms with E-state index in [1.165, 1.54) is 12.1 Å². The fraction of sp³-hybridized carbons (Fsp3) is 0.533. The van der Waals surface area contributed by atoms with Gasteiger partial charge in [-0.3, -0.25) is 4.79 Å². The summed E-state index contributed by atoms with van der Waals surface area (Å²) in [7, 11) is 0. The highest BCUT2D eigenvalue weighted by atomic mass is 19.1. The van der Waals surface area contributed by atoms with Gasteiger partial charge in [0.05, 0.1) is 5.54 Å². The van der Waals surface area contributed by atoms with Crippen molar-refractivity contribution in [3.8, 4) is 0 Å². The maximum atomic E-state index is 12.9. The topological polar surface area (TPSA) is 58.4 Å². The lowest BCUT2D eigenvalue weighted by molar-refractivity contribution is -0.124. The molecule has 20 heavy (non-hydrogen) atoms. The standard InChI is InChI=1S/C15H24FN3O/c1-4-18-15(3,14(17)20)10-11-19(5-2)13-8-6-12(16)7-9-13/h6-9,18H,4-5,10-11H2,1-3H3,(H2,17,20). The predicted molar refractivity (Wildman–Crippen MR) is 80.2 cm³/mol. The van der Waals surface area contributed by atoms with Crippen LogP contribution in [-0.2, 0) is 4.79 Å². The zero-order valence-corrected chi connectivity index (χ0v) is 12.4. The highest BCUT2D eigenvalue weighted by Gasteiger charge is 2.30. The zero-order chi connectivity index (χ0) is 15.2. The maximum absolute atomic E-state index is 12.9. The zero-order valence-electron chi connectivity index (χ0n) is 12.4. The van der Waals surface area contributed by atoms with Gasteiger partial charge < -0.3 is 16.0 Å². The third kappa shape index (κ3) is 4.20. The molecule has 0 bridgehead atoms. The van der Waals surface area contributed by atoms with Crippen molar-refractivity contribution in [1.82, 2.24) is 5.32 Å². The van der Waals surface area contributed by atoms with Gasteiger partial charge in [0.1, 0.15) is 5.82 Å². The van der Waals surface area contributed by atoms with Crippen LogP contribution < -0.4 is 16.0 Å². The maximum Gasteiger partial charge on any atom is 0.237 e. The van der Waals surface area contributed by atoms with Gasteiger partial charge in [0, 0.05) is 18.8 Å². The van der Waals surface area contributed by atoms with Crippen molar-refractivity contribution in [3.05, 3.63) is 30.1 Å². The molecule has 0 saturated heterocycles. The molecule has 1 unspecified atom stereocenters. The Hall–Kier alpha value is -1.62. The summed E-state index contributed by atoms with van der Waals surface area (Å²) in [5.41, 5.74) is 5.70. The molecule has 4 nitrogen and oxygen atoms in total. The van der Waals surface area contributed by atoms with E-state index in [4.69, 9.17) is 5.73 Å². The van der Waals surface area contributed by atoms with Crippen LogP contribution in [0.1, 0.15) is 27.2 Å². The molecular weight excluding hydrogens is 257 g/mol. The number of nitrogens with one attached hydrogen (secondary N) is 1. The van der Waals surface area contributed by atoms with E-state index in [-0.39, 0.29) is 11.7 Å². The SMILES string of the molecule is CCNC(C)(CCN(CC)c1ccc(F)cc1)C(N)=O. The molecule has 0 aliphatic carbocycles. The van der Waals surface area contributed by atoms with Crippen molar-refractivity contribution in [2.45, 2.75) is 32.7 Å². The van der Waals surface area contributed by atoms with Gasteiger partial charge in [0.25, 0.3) is 0 Å². The lowest BCUT2D eigenvalue weighted by Gasteiger charge is -2.31. The van der Waals surface area contributed by atoms with Crippen LogP contribution >= 0.6 is 0 Å². The van der Waals surface area contributed by atoms with E-state index in [9.17, 15) is 9.18 Å². The molecule has 112 valence electrons. The van der Waals surface area contributed by atoms with Gasteiger partial charge in [-0.25, -0.2) is 4.39 Å². The van der Waals surface area contributed by atoms with E-state index in [0.29, 0.717) is 19.5 Å². The summed E-state index contributed by atoms with van der Waals surface area (Å²) in [5.74, 6) is -0.603. The second kappa shape index (κ2) is 7.24. The van der Waals surface area contributed by atoms with E-state index in [1.54, 1.807) is 12.1 Å². The third-order valence-electron chi connectivity index (χ3n) is 3.57. The first-order valence-electron chi connectivity index (χ1n) is 6.98. The lowest BCUT2D eigenvalue weighted by Crippen LogP contribution is -2.54. The minimum absolute atomic E-state index is 0.251. The second-order valence-corrected chi connectivity index (χ2v) is 5.03. The number of halogens is 1. The number of rotatable bonds is 8. The van der Waals surface area contributed by atoms with Crippen molar-refractivity contribution in [3.63, 3.8) is 0 Å². The number of hydrogen-bond acceptors (Lipinski definition) is 3. The summed E-state index contributed by atoms with van der Waals surface area (Å²) >= 11 is 0. The number of benzene rings is 1. The molecule has 1 atom stereocenters. The van der Waals surface area contributed by atoms with Crippen molar-refractivity contribution < 1.29 is 9.18 Å². The van der Waals surface area contributed by atoms with Gasteiger partial charge in [0.15, 0.2) is 0 Å². The normalized spacial score (nSPS) is 13.8. The Balaban J connectivity index is 2.73. The summed E-state index contributed by atoms with van der Waals surface area (Å²) in [4.78, 5) is 13.7. The molecule has 0 aliphatic heterocycles. The van der Waals surface area contributed by atoms with Gasteiger partial charge in [0.2, 0.25) is 5.91 Å². The Labute approximate surface area is 120 Å². The Morgan fingerprint density at radius 3 is 2.40 bits per heavy atom. The van der Waals surface area contributed by atoms with Crippen molar-refractivity contribution in [2.75, 3.05) is 24.5 Å². The smallest absolute Gasteiger partial charge is 0.237 e. The number of nitrogens with zero attached hydrogens (tertiary/aromatic N) is 1. The van der Waals surface area contributed by atoms with Crippen LogP contribution in [0.15, 0.2) is 24.3 Å². The van der Waals surface area contributed by atoms with Crippen LogP contribution in [0.4, 0.5) is 10.1 Å². The minimum atomic E-state index is -0.720. The van der Waals surface area contributed by atoms with Crippen LogP contribution in [0.5, 0.6) is 0 Å². The first kappa shape index (κ1) is 16.4. The third-order valence-corrected chi connectivity index (χ3v) is 3.57. The molecule has 1 aromatic carbocycles. The molecule has 3 N–H and O–H groups in total. The van der Waals surface area contributed by atoms with Crippen molar-refractivity contribution in [2.24, 2.45) is 5.73 Å². The highest BCUT2D eigenvalue weighted by Crippen LogP contribution is 2.17. The predicted octanol–water partition coefficient (Wildman–Crippen LogP) is 1.90. The van der Waals surface area contributed by atoms with Gasteiger partial charge in [-0.2, -0.15) is 0 Å². The van der Waals surface area contributed by atoms with Gasteiger partial charge in [-0.05, 0) is 51.1 Å².